The number of phenolic OH excluding ortho intramolecular Hbond substituents is 1. The van der Waals surface area contributed by atoms with Crippen molar-refractivity contribution in [3.05, 3.63) is 24.8 Å². The smallest absolute Gasteiger partial charge is 0.287 e. The van der Waals surface area contributed by atoms with E-state index in [1.54, 1.807) is 6.07 Å². The summed E-state index contributed by atoms with van der Waals surface area (Å²) in [5, 5.41) is 20.0. The number of carbonyl (C=O) groups is 1. The van der Waals surface area contributed by atoms with E-state index in [-0.39, 0.29) is 11.3 Å². The highest BCUT2D eigenvalue weighted by Gasteiger charge is 2.29. The first-order valence-electron chi connectivity index (χ1n) is 4.72. The molecule has 1 aromatic carbocycles. The molecule has 0 unspecified atom stereocenters. The highest BCUT2D eigenvalue weighted by molar-refractivity contribution is 14.1. The van der Waals surface area contributed by atoms with E-state index < -0.39 is 25.0 Å². The number of aliphatic hydroxyl groups excluding tert-OH is 1. The molecular weight excluding hydrogens is 474 g/mol. The fraction of sp³-hybridized carbons (Fsp3) is 0.300. The number of aliphatic hydroxyl groups is 1. The Kier molecular flexibility index (Phi) is 5.52. The summed E-state index contributed by atoms with van der Waals surface area (Å²) in [4.78, 5) is 11.6. The Labute approximate surface area is 129 Å². The van der Waals surface area contributed by atoms with E-state index in [2.05, 4.69) is 0 Å². The molecule has 1 rings (SSSR count). The lowest BCUT2D eigenvalue weighted by Gasteiger charge is -2.14. The number of hydrogen-bond acceptors (Lipinski definition) is 3. The normalized spacial score (nSPS) is 11.4. The van der Waals surface area contributed by atoms with E-state index in [4.69, 9.17) is 5.11 Å². The first-order chi connectivity index (χ1) is 8.26. The summed E-state index contributed by atoms with van der Waals surface area (Å²) < 4.78 is 26.7. The van der Waals surface area contributed by atoms with E-state index in [0.717, 1.165) is 0 Å². The summed E-state index contributed by atoms with van der Waals surface area (Å²) >= 11 is 3.79. The number of halogens is 4. The summed E-state index contributed by atoms with van der Waals surface area (Å²) in [6.07, 6.45) is 0. The number of rotatable bonds is 4. The molecule has 1 amide bonds. The fourth-order valence-electron chi connectivity index (χ4n) is 1.10. The Morgan fingerprint density at radius 2 is 2.00 bits per heavy atom. The standard InChI is InChI=1S/C10H9F2I2NO3/c11-10(12,4-16)3-15-9(18)6-1-5(13)2-7(14)8(6)17/h1-2,16-17H,3-4H2,(H,15,18). The van der Waals surface area contributed by atoms with Gasteiger partial charge in [-0.3, -0.25) is 4.79 Å². The van der Waals surface area contributed by atoms with Crippen molar-refractivity contribution < 1.29 is 23.8 Å². The molecule has 0 fully saturated rings. The molecule has 0 saturated heterocycles. The van der Waals surface area contributed by atoms with Gasteiger partial charge in [-0.05, 0) is 57.3 Å². The van der Waals surface area contributed by atoms with E-state index >= 15 is 0 Å². The van der Waals surface area contributed by atoms with Crippen LogP contribution in [0.2, 0.25) is 0 Å². The molecule has 0 heterocycles. The van der Waals surface area contributed by atoms with E-state index in [9.17, 15) is 18.7 Å². The van der Waals surface area contributed by atoms with Crippen molar-refractivity contribution in [2.24, 2.45) is 0 Å². The number of amides is 1. The SMILES string of the molecule is O=C(NCC(F)(F)CO)c1cc(I)cc(I)c1O. The van der Waals surface area contributed by atoms with Crippen LogP contribution in [-0.4, -0.2) is 35.2 Å². The van der Waals surface area contributed by atoms with Gasteiger partial charge in [0, 0.05) is 3.57 Å². The van der Waals surface area contributed by atoms with Gasteiger partial charge in [0.1, 0.15) is 12.4 Å². The zero-order valence-electron chi connectivity index (χ0n) is 8.88. The van der Waals surface area contributed by atoms with Gasteiger partial charge in [-0.25, -0.2) is 8.78 Å². The van der Waals surface area contributed by atoms with E-state index in [1.165, 1.54) is 6.07 Å². The molecule has 1 aromatic rings. The van der Waals surface area contributed by atoms with Crippen LogP contribution in [0.25, 0.3) is 0 Å². The van der Waals surface area contributed by atoms with E-state index in [0.29, 0.717) is 7.14 Å². The summed E-state index contributed by atoms with van der Waals surface area (Å²) in [7, 11) is 0. The molecular formula is C10H9F2I2NO3. The third-order valence-corrected chi connectivity index (χ3v) is 3.46. The minimum Gasteiger partial charge on any atom is -0.506 e. The second kappa shape index (κ2) is 6.28. The Hall–Kier alpha value is -0.230. The molecule has 0 aromatic heterocycles. The van der Waals surface area contributed by atoms with Gasteiger partial charge in [0.05, 0.1) is 15.7 Å². The quantitative estimate of drug-likeness (QED) is 0.575. The first-order valence-corrected chi connectivity index (χ1v) is 6.87. The summed E-state index contributed by atoms with van der Waals surface area (Å²) in [6, 6.07) is 3.04. The molecule has 0 aliphatic carbocycles. The Bertz CT molecular complexity index is 469. The van der Waals surface area contributed by atoms with Crippen LogP contribution in [0.3, 0.4) is 0 Å². The maximum Gasteiger partial charge on any atom is 0.287 e. The minimum absolute atomic E-state index is 0.0694. The van der Waals surface area contributed by atoms with Crippen molar-refractivity contribution in [3.63, 3.8) is 0 Å². The number of phenols is 1. The molecule has 8 heteroatoms. The van der Waals surface area contributed by atoms with Crippen LogP contribution in [0.4, 0.5) is 8.78 Å². The van der Waals surface area contributed by atoms with Crippen LogP contribution in [0, 0.1) is 7.14 Å². The highest BCUT2D eigenvalue weighted by Crippen LogP contribution is 2.27. The van der Waals surface area contributed by atoms with Crippen LogP contribution >= 0.6 is 45.2 Å². The number of alkyl halides is 2. The van der Waals surface area contributed by atoms with Gasteiger partial charge in [-0.1, -0.05) is 0 Å². The van der Waals surface area contributed by atoms with Gasteiger partial charge in [0.2, 0.25) is 0 Å². The predicted molar refractivity (Wildman–Crippen MR) is 77.9 cm³/mol. The van der Waals surface area contributed by atoms with Crippen LogP contribution in [0.5, 0.6) is 5.75 Å². The van der Waals surface area contributed by atoms with Gasteiger partial charge in [-0.2, -0.15) is 0 Å². The average Bonchev–Trinajstić information content (AvgIpc) is 2.31. The zero-order valence-corrected chi connectivity index (χ0v) is 13.2. The number of aromatic hydroxyl groups is 1. The van der Waals surface area contributed by atoms with Crippen molar-refractivity contribution in [1.29, 1.82) is 0 Å². The minimum atomic E-state index is -3.37. The number of carbonyl (C=O) groups excluding carboxylic acids is 1. The maximum atomic E-state index is 12.8. The molecule has 0 bridgehead atoms. The number of benzene rings is 1. The van der Waals surface area contributed by atoms with Gasteiger partial charge in [-0.15, -0.1) is 0 Å². The van der Waals surface area contributed by atoms with Crippen LogP contribution < -0.4 is 5.32 Å². The van der Waals surface area contributed by atoms with Crippen molar-refractivity contribution >= 4 is 51.1 Å². The van der Waals surface area contributed by atoms with Crippen molar-refractivity contribution in [2.45, 2.75) is 5.92 Å². The second-order valence-electron chi connectivity index (χ2n) is 3.48. The lowest BCUT2D eigenvalue weighted by atomic mass is 10.2. The molecule has 100 valence electrons. The summed E-state index contributed by atoms with van der Waals surface area (Å²) in [5.41, 5.74) is -0.0694. The lowest BCUT2D eigenvalue weighted by Crippen LogP contribution is -2.39. The number of nitrogens with one attached hydrogen (secondary N) is 1. The topological polar surface area (TPSA) is 69.6 Å². The highest BCUT2D eigenvalue weighted by atomic mass is 127. The predicted octanol–water partition coefficient (Wildman–Crippen LogP) is 1.96. The molecule has 0 radical (unpaired) electrons. The first kappa shape index (κ1) is 15.8. The van der Waals surface area contributed by atoms with Crippen molar-refractivity contribution in [3.8, 4) is 5.75 Å². The Morgan fingerprint density at radius 3 is 2.56 bits per heavy atom. The lowest BCUT2D eigenvalue weighted by molar-refractivity contribution is -0.0462. The average molecular weight is 483 g/mol. The van der Waals surface area contributed by atoms with Gasteiger partial charge in [0.15, 0.2) is 0 Å². The molecule has 18 heavy (non-hydrogen) atoms. The molecule has 0 saturated carbocycles. The second-order valence-corrected chi connectivity index (χ2v) is 5.89. The molecule has 0 atom stereocenters. The van der Waals surface area contributed by atoms with Crippen molar-refractivity contribution in [2.75, 3.05) is 13.2 Å². The Balaban J connectivity index is 2.85. The fourth-order valence-corrected chi connectivity index (χ4v) is 2.94. The van der Waals surface area contributed by atoms with Crippen LogP contribution in [0.15, 0.2) is 12.1 Å². The molecule has 0 spiro atoms. The Morgan fingerprint density at radius 1 is 1.39 bits per heavy atom. The van der Waals surface area contributed by atoms with Gasteiger partial charge >= 0.3 is 0 Å². The monoisotopic (exact) mass is 483 g/mol. The van der Waals surface area contributed by atoms with E-state index in [1.807, 2.05) is 50.5 Å². The number of hydrogen-bond donors (Lipinski definition) is 3. The van der Waals surface area contributed by atoms with Gasteiger partial charge in [0.25, 0.3) is 11.8 Å². The summed E-state index contributed by atoms with van der Waals surface area (Å²) in [6.45, 7) is -2.33. The maximum absolute atomic E-state index is 12.8. The molecule has 3 N–H and O–H groups in total. The zero-order chi connectivity index (χ0) is 13.9. The molecule has 4 nitrogen and oxygen atoms in total. The molecule has 0 aliphatic rings. The van der Waals surface area contributed by atoms with Crippen molar-refractivity contribution in [1.82, 2.24) is 5.32 Å². The van der Waals surface area contributed by atoms with Gasteiger partial charge < -0.3 is 15.5 Å². The molecule has 0 aliphatic heterocycles. The van der Waals surface area contributed by atoms with Crippen LogP contribution in [0.1, 0.15) is 10.4 Å². The largest absolute Gasteiger partial charge is 0.506 e. The third kappa shape index (κ3) is 4.16. The van der Waals surface area contributed by atoms with Crippen LogP contribution in [-0.2, 0) is 0 Å². The summed E-state index contributed by atoms with van der Waals surface area (Å²) in [5.74, 6) is -4.43. The third-order valence-electron chi connectivity index (χ3n) is 2.01.